The third kappa shape index (κ3) is 3.32. The number of carbonyl (C=O) groups is 1. The Morgan fingerprint density at radius 3 is 2.64 bits per heavy atom. The van der Waals surface area contributed by atoms with E-state index in [0.717, 1.165) is 16.6 Å². The normalized spacial score (nSPS) is 11.0. The summed E-state index contributed by atoms with van der Waals surface area (Å²) in [6, 6.07) is 15.5. The fourth-order valence-corrected chi connectivity index (χ4v) is 3.35. The predicted octanol–water partition coefficient (Wildman–Crippen LogP) is 5.72. The number of fused-ring (bicyclic) bond motifs is 1. The molecule has 28 heavy (non-hydrogen) atoms. The molecular weight excluding hydrogens is 376 g/mol. The van der Waals surface area contributed by atoms with E-state index in [4.69, 9.17) is 16.0 Å². The second-order valence-corrected chi connectivity index (χ2v) is 7.02. The molecule has 0 radical (unpaired) electrons. The Labute approximate surface area is 166 Å². The number of anilines is 1. The van der Waals surface area contributed by atoms with Crippen LogP contribution in [0.5, 0.6) is 5.75 Å². The van der Waals surface area contributed by atoms with Gasteiger partial charge in [0.2, 0.25) is 5.89 Å². The fraction of sp³-hybridized carbons (Fsp3) is 0.0909. The van der Waals surface area contributed by atoms with Gasteiger partial charge in [-0.1, -0.05) is 29.8 Å². The van der Waals surface area contributed by atoms with Gasteiger partial charge >= 0.3 is 0 Å². The minimum absolute atomic E-state index is 0.0436. The molecule has 0 bridgehead atoms. The minimum atomic E-state index is -0.356. The lowest BCUT2D eigenvalue weighted by molar-refractivity contribution is 0.102. The summed E-state index contributed by atoms with van der Waals surface area (Å²) in [4.78, 5) is 16.9. The Balaban J connectivity index is 1.64. The molecule has 3 aromatic carbocycles. The lowest BCUT2D eigenvalue weighted by atomic mass is 10.1. The van der Waals surface area contributed by atoms with Crippen LogP contribution < -0.4 is 5.32 Å². The number of oxazole rings is 1. The second-order valence-electron chi connectivity index (χ2n) is 6.61. The lowest BCUT2D eigenvalue weighted by Crippen LogP contribution is -2.12. The summed E-state index contributed by atoms with van der Waals surface area (Å²) in [7, 11) is 0. The molecule has 0 unspecified atom stereocenters. The molecule has 0 aliphatic rings. The van der Waals surface area contributed by atoms with Gasteiger partial charge in [-0.05, 0) is 55.3 Å². The zero-order chi connectivity index (χ0) is 19.8. The molecule has 0 saturated carbocycles. The average molecular weight is 393 g/mol. The molecular formula is C22H17ClN2O3. The van der Waals surface area contributed by atoms with Gasteiger partial charge in [0, 0.05) is 11.8 Å². The molecule has 1 aromatic heterocycles. The third-order valence-corrected chi connectivity index (χ3v) is 4.75. The Hall–Kier alpha value is -3.31. The first kappa shape index (κ1) is 18.1. The van der Waals surface area contributed by atoms with Crippen molar-refractivity contribution in [2.45, 2.75) is 13.8 Å². The Bertz CT molecular complexity index is 1210. The maximum absolute atomic E-state index is 12.4. The molecule has 1 heterocycles. The molecule has 2 N–H and O–H groups in total. The molecule has 6 heteroatoms. The van der Waals surface area contributed by atoms with Gasteiger partial charge in [0.25, 0.3) is 5.91 Å². The Morgan fingerprint density at radius 1 is 1.11 bits per heavy atom. The molecule has 0 spiro atoms. The Kier molecular flexibility index (Phi) is 4.53. The maximum atomic E-state index is 12.4. The van der Waals surface area contributed by atoms with Crippen LogP contribution in [0, 0.1) is 13.8 Å². The van der Waals surface area contributed by atoms with Crippen molar-refractivity contribution in [2.24, 2.45) is 0 Å². The monoisotopic (exact) mass is 392 g/mol. The number of phenols is 1. The Morgan fingerprint density at radius 2 is 1.89 bits per heavy atom. The number of benzene rings is 3. The van der Waals surface area contributed by atoms with Gasteiger partial charge in [0.15, 0.2) is 5.58 Å². The highest BCUT2D eigenvalue weighted by atomic mass is 35.5. The molecule has 0 aliphatic carbocycles. The van der Waals surface area contributed by atoms with Crippen molar-refractivity contribution in [3.63, 3.8) is 0 Å². The first-order valence-electron chi connectivity index (χ1n) is 8.69. The molecule has 0 aliphatic heterocycles. The predicted molar refractivity (Wildman–Crippen MR) is 110 cm³/mol. The van der Waals surface area contributed by atoms with E-state index >= 15 is 0 Å². The number of phenolic OH excluding ortho intramolecular Hbond substituents is 1. The van der Waals surface area contributed by atoms with E-state index in [1.807, 2.05) is 26.0 Å². The van der Waals surface area contributed by atoms with Gasteiger partial charge in [-0.3, -0.25) is 4.79 Å². The van der Waals surface area contributed by atoms with Crippen LogP contribution in [0.1, 0.15) is 21.5 Å². The summed E-state index contributed by atoms with van der Waals surface area (Å²) in [5, 5.41) is 13.5. The van der Waals surface area contributed by atoms with E-state index in [0.29, 0.717) is 33.3 Å². The van der Waals surface area contributed by atoms with Crippen LogP contribution in [0.2, 0.25) is 5.02 Å². The van der Waals surface area contributed by atoms with E-state index in [1.165, 1.54) is 6.07 Å². The highest BCUT2D eigenvalue weighted by Crippen LogP contribution is 2.34. The highest BCUT2D eigenvalue weighted by molar-refractivity contribution is 6.34. The van der Waals surface area contributed by atoms with Gasteiger partial charge in [-0.2, -0.15) is 0 Å². The van der Waals surface area contributed by atoms with Crippen LogP contribution in [0.3, 0.4) is 0 Å². The first-order chi connectivity index (χ1) is 13.4. The average Bonchev–Trinajstić information content (AvgIpc) is 3.06. The van der Waals surface area contributed by atoms with Crippen LogP contribution in [0.15, 0.2) is 59.0 Å². The van der Waals surface area contributed by atoms with Crippen LogP contribution in [-0.2, 0) is 0 Å². The number of hydrogen-bond donors (Lipinski definition) is 2. The van der Waals surface area contributed by atoms with Gasteiger partial charge < -0.3 is 14.8 Å². The number of nitrogens with one attached hydrogen (secondary N) is 1. The summed E-state index contributed by atoms with van der Waals surface area (Å²) >= 11 is 6.05. The number of amides is 1. The molecule has 1 amide bonds. The number of rotatable bonds is 3. The van der Waals surface area contributed by atoms with Gasteiger partial charge in [0.1, 0.15) is 11.3 Å². The van der Waals surface area contributed by atoms with Crippen LogP contribution in [0.4, 0.5) is 5.69 Å². The molecule has 0 saturated heterocycles. The van der Waals surface area contributed by atoms with E-state index in [-0.39, 0.29) is 11.7 Å². The summed E-state index contributed by atoms with van der Waals surface area (Å²) < 4.78 is 5.85. The highest BCUT2D eigenvalue weighted by Gasteiger charge is 2.16. The molecule has 140 valence electrons. The number of nitrogens with zero attached hydrogens (tertiary/aromatic N) is 1. The zero-order valence-corrected chi connectivity index (χ0v) is 16.0. The topological polar surface area (TPSA) is 75.4 Å². The van der Waals surface area contributed by atoms with Crippen LogP contribution in [-0.4, -0.2) is 16.0 Å². The number of aromatic hydroxyl groups is 1. The van der Waals surface area contributed by atoms with Gasteiger partial charge in [-0.15, -0.1) is 0 Å². The standard InChI is InChI=1S/C22H17ClN2O3/c1-12-9-13(2)20-18(10-12)25-22(28-20)16-8-7-14(11-19(16)26)24-21(27)15-5-3-4-6-17(15)23/h3-11,26H,1-2H3,(H,24,27). The quantitative estimate of drug-likeness (QED) is 0.467. The number of halogens is 1. The number of hydrogen-bond acceptors (Lipinski definition) is 4. The molecule has 4 rings (SSSR count). The van der Waals surface area contributed by atoms with Crippen molar-refractivity contribution < 1.29 is 14.3 Å². The smallest absolute Gasteiger partial charge is 0.257 e. The van der Waals surface area contributed by atoms with Gasteiger partial charge in [-0.25, -0.2) is 4.98 Å². The van der Waals surface area contributed by atoms with Crippen molar-refractivity contribution in [1.82, 2.24) is 4.98 Å². The van der Waals surface area contributed by atoms with Crippen molar-refractivity contribution in [3.05, 3.63) is 76.3 Å². The van der Waals surface area contributed by atoms with E-state index in [1.54, 1.807) is 36.4 Å². The largest absolute Gasteiger partial charge is 0.507 e. The van der Waals surface area contributed by atoms with Crippen molar-refractivity contribution in [1.29, 1.82) is 0 Å². The van der Waals surface area contributed by atoms with Crippen LogP contribution in [0.25, 0.3) is 22.6 Å². The summed E-state index contributed by atoms with van der Waals surface area (Å²) in [6.07, 6.45) is 0. The van der Waals surface area contributed by atoms with E-state index in [2.05, 4.69) is 10.3 Å². The number of carbonyl (C=O) groups excluding carboxylic acids is 1. The first-order valence-corrected chi connectivity index (χ1v) is 9.07. The fourth-order valence-electron chi connectivity index (χ4n) is 3.13. The lowest BCUT2D eigenvalue weighted by Gasteiger charge is -2.08. The third-order valence-electron chi connectivity index (χ3n) is 4.42. The number of aromatic nitrogens is 1. The summed E-state index contributed by atoms with van der Waals surface area (Å²) in [5.41, 5.74) is 4.75. The van der Waals surface area contributed by atoms with Crippen LogP contribution >= 0.6 is 11.6 Å². The molecule has 5 nitrogen and oxygen atoms in total. The SMILES string of the molecule is Cc1cc(C)c2oc(-c3ccc(NC(=O)c4ccccc4Cl)cc3O)nc2c1. The minimum Gasteiger partial charge on any atom is -0.507 e. The van der Waals surface area contributed by atoms with E-state index in [9.17, 15) is 9.90 Å². The molecule has 0 fully saturated rings. The summed E-state index contributed by atoms with van der Waals surface area (Å²) in [5.74, 6) is -0.0752. The van der Waals surface area contributed by atoms with Crippen molar-refractivity contribution >= 4 is 34.3 Å². The van der Waals surface area contributed by atoms with E-state index < -0.39 is 0 Å². The maximum Gasteiger partial charge on any atom is 0.257 e. The van der Waals surface area contributed by atoms with Gasteiger partial charge in [0.05, 0.1) is 16.1 Å². The second kappa shape index (κ2) is 7.02. The molecule has 0 atom stereocenters. The number of aryl methyl sites for hydroxylation is 2. The van der Waals surface area contributed by atoms with Crippen molar-refractivity contribution in [2.75, 3.05) is 5.32 Å². The zero-order valence-electron chi connectivity index (χ0n) is 15.3. The molecule has 4 aromatic rings. The van der Waals surface area contributed by atoms with Crippen molar-refractivity contribution in [3.8, 4) is 17.2 Å². The summed E-state index contributed by atoms with van der Waals surface area (Å²) in [6.45, 7) is 3.95.